The van der Waals surface area contributed by atoms with Crippen LogP contribution in [0.2, 0.25) is 0 Å². The molecule has 2 heterocycles. The minimum absolute atomic E-state index is 0.0810. The molecule has 0 spiro atoms. The highest BCUT2D eigenvalue weighted by Gasteiger charge is 2.34. The van der Waals surface area contributed by atoms with Gasteiger partial charge in [-0.25, -0.2) is 0 Å². The van der Waals surface area contributed by atoms with Gasteiger partial charge in [-0.3, -0.25) is 14.6 Å². The number of carbonyl (C=O) groups excluding carboxylic acids is 1. The van der Waals surface area contributed by atoms with Crippen molar-refractivity contribution in [1.82, 2.24) is 4.98 Å². The van der Waals surface area contributed by atoms with Gasteiger partial charge in [0.2, 0.25) is 5.91 Å². The lowest BCUT2D eigenvalue weighted by molar-refractivity contribution is -0.141. The molecular weight excluding hydrogens is 196 g/mol. The molecule has 1 fully saturated rings. The number of hydrogen-bond acceptors (Lipinski definition) is 3. The Morgan fingerprint density at radius 1 is 1.47 bits per heavy atom. The fourth-order valence-electron chi connectivity index (χ4n) is 1.65. The zero-order chi connectivity index (χ0) is 10.8. The lowest BCUT2D eigenvalue weighted by Crippen LogP contribution is -2.25. The minimum Gasteiger partial charge on any atom is -0.481 e. The number of aliphatic carboxylic acids is 1. The number of hydrogen-bond donors (Lipinski definition) is 1. The van der Waals surface area contributed by atoms with Crippen molar-refractivity contribution in [2.45, 2.75) is 6.42 Å². The summed E-state index contributed by atoms with van der Waals surface area (Å²) in [4.78, 5) is 27.6. The van der Waals surface area contributed by atoms with E-state index in [0.29, 0.717) is 5.69 Å². The number of rotatable bonds is 2. The second-order valence-electron chi connectivity index (χ2n) is 3.45. The van der Waals surface area contributed by atoms with Crippen molar-refractivity contribution in [3.63, 3.8) is 0 Å². The molecule has 0 unspecified atom stereocenters. The Balaban J connectivity index is 2.19. The SMILES string of the molecule is O=C(O)[C@@H]1CC(=O)N(c2ccncc2)C1. The van der Waals surface area contributed by atoms with Crippen molar-refractivity contribution in [2.75, 3.05) is 11.4 Å². The van der Waals surface area contributed by atoms with Crippen molar-refractivity contribution >= 4 is 17.6 Å². The molecular formula is C10H10N2O3. The maximum Gasteiger partial charge on any atom is 0.308 e. The summed E-state index contributed by atoms with van der Waals surface area (Å²) in [6.45, 7) is 0.248. The standard InChI is InChI=1S/C10H10N2O3/c13-9-5-7(10(14)15)6-12(9)8-1-3-11-4-2-8/h1-4,7H,5-6H2,(H,14,15)/t7-/m1/s1. The second-order valence-corrected chi connectivity index (χ2v) is 3.45. The van der Waals surface area contributed by atoms with Crippen LogP contribution in [0.3, 0.4) is 0 Å². The minimum atomic E-state index is -0.917. The first kappa shape index (κ1) is 9.64. The zero-order valence-corrected chi connectivity index (χ0v) is 7.96. The van der Waals surface area contributed by atoms with Gasteiger partial charge >= 0.3 is 5.97 Å². The van der Waals surface area contributed by atoms with Crippen LogP contribution < -0.4 is 4.90 Å². The fourth-order valence-corrected chi connectivity index (χ4v) is 1.65. The molecule has 0 bridgehead atoms. The normalized spacial score (nSPS) is 20.7. The summed E-state index contributed by atoms with van der Waals surface area (Å²) in [5.41, 5.74) is 0.707. The first-order chi connectivity index (χ1) is 7.18. The van der Waals surface area contributed by atoms with Gasteiger partial charge in [0.25, 0.3) is 0 Å². The number of anilines is 1. The molecule has 5 nitrogen and oxygen atoms in total. The number of carbonyl (C=O) groups is 2. The van der Waals surface area contributed by atoms with Gasteiger partial charge in [0.05, 0.1) is 5.92 Å². The van der Waals surface area contributed by atoms with Gasteiger partial charge in [0.15, 0.2) is 0 Å². The number of pyridine rings is 1. The highest BCUT2D eigenvalue weighted by molar-refractivity contribution is 5.99. The summed E-state index contributed by atoms with van der Waals surface area (Å²) in [7, 11) is 0. The van der Waals surface area contributed by atoms with Gasteiger partial charge in [-0.05, 0) is 12.1 Å². The van der Waals surface area contributed by atoms with E-state index < -0.39 is 11.9 Å². The van der Waals surface area contributed by atoms with Crippen LogP contribution in [0.5, 0.6) is 0 Å². The van der Waals surface area contributed by atoms with Crippen LogP contribution >= 0.6 is 0 Å². The molecule has 0 aromatic carbocycles. The van der Waals surface area contributed by atoms with E-state index in [4.69, 9.17) is 5.11 Å². The van der Waals surface area contributed by atoms with Crippen LogP contribution in [0.25, 0.3) is 0 Å². The number of carboxylic acid groups (broad SMARTS) is 1. The summed E-state index contributed by atoms with van der Waals surface area (Å²) < 4.78 is 0. The topological polar surface area (TPSA) is 70.5 Å². The lowest BCUT2D eigenvalue weighted by Gasteiger charge is -2.15. The van der Waals surface area contributed by atoms with E-state index in [1.807, 2.05) is 0 Å². The number of aromatic nitrogens is 1. The number of carboxylic acids is 1. The van der Waals surface area contributed by atoms with Crippen molar-refractivity contribution in [3.05, 3.63) is 24.5 Å². The molecule has 1 saturated heterocycles. The molecule has 1 aromatic heterocycles. The van der Waals surface area contributed by atoms with Crippen LogP contribution in [-0.2, 0) is 9.59 Å². The predicted molar refractivity (Wildman–Crippen MR) is 52.3 cm³/mol. The van der Waals surface area contributed by atoms with E-state index in [2.05, 4.69) is 4.98 Å². The Hall–Kier alpha value is -1.91. The predicted octanol–water partition coefficient (Wildman–Crippen LogP) is 0.519. The van der Waals surface area contributed by atoms with Gasteiger partial charge in [-0.1, -0.05) is 0 Å². The molecule has 1 N–H and O–H groups in total. The highest BCUT2D eigenvalue weighted by Crippen LogP contribution is 2.24. The van der Waals surface area contributed by atoms with Gasteiger partial charge in [-0.2, -0.15) is 0 Å². The molecule has 2 rings (SSSR count). The average molecular weight is 206 g/mol. The van der Waals surface area contributed by atoms with Gasteiger partial charge in [-0.15, -0.1) is 0 Å². The monoisotopic (exact) mass is 206 g/mol. The maximum absolute atomic E-state index is 11.5. The molecule has 1 amide bonds. The maximum atomic E-state index is 11.5. The van der Waals surface area contributed by atoms with E-state index in [-0.39, 0.29) is 18.9 Å². The highest BCUT2D eigenvalue weighted by atomic mass is 16.4. The van der Waals surface area contributed by atoms with E-state index in [0.717, 1.165) is 0 Å². The largest absolute Gasteiger partial charge is 0.481 e. The Kier molecular flexibility index (Phi) is 2.37. The third kappa shape index (κ3) is 1.81. The van der Waals surface area contributed by atoms with E-state index in [9.17, 15) is 9.59 Å². The molecule has 5 heteroatoms. The van der Waals surface area contributed by atoms with Crippen LogP contribution in [-0.4, -0.2) is 28.5 Å². The zero-order valence-electron chi connectivity index (χ0n) is 7.96. The van der Waals surface area contributed by atoms with Crippen LogP contribution in [0.1, 0.15) is 6.42 Å². The van der Waals surface area contributed by atoms with Crippen molar-refractivity contribution in [1.29, 1.82) is 0 Å². The second kappa shape index (κ2) is 3.68. The van der Waals surface area contributed by atoms with Crippen molar-refractivity contribution < 1.29 is 14.7 Å². The van der Waals surface area contributed by atoms with Gasteiger partial charge in [0.1, 0.15) is 0 Å². The third-order valence-corrected chi connectivity index (χ3v) is 2.45. The van der Waals surface area contributed by atoms with E-state index >= 15 is 0 Å². The number of nitrogens with zero attached hydrogens (tertiary/aromatic N) is 2. The molecule has 0 saturated carbocycles. The molecule has 1 aromatic rings. The van der Waals surface area contributed by atoms with Crippen LogP contribution in [0.4, 0.5) is 5.69 Å². The lowest BCUT2D eigenvalue weighted by atomic mass is 10.1. The Morgan fingerprint density at radius 3 is 2.67 bits per heavy atom. The Bertz CT molecular complexity index is 391. The van der Waals surface area contributed by atoms with Gasteiger partial charge < -0.3 is 10.0 Å². The summed E-state index contributed by atoms with van der Waals surface area (Å²) in [5.74, 6) is -1.65. The van der Waals surface area contributed by atoms with Crippen LogP contribution in [0.15, 0.2) is 24.5 Å². The molecule has 1 aliphatic heterocycles. The van der Waals surface area contributed by atoms with Crippen molar-refractivity contribution in [2.24, 2.45) is 5.92 Å². The first-order valence-electron chi connectivity index (χ1n) is 4.61. The first-order valence-corrected chi connectivity index (χ1v) is 4.61. The molecule has 0 aliphatic carbocycles. The van der Waals surface area contributed by atoms with E-state index in [1.54, 1.807) is 24.5 Å². The van der Waals surface area contributed by atoms with E-state index in [1.165, 1.54) is 4.90 Å². The summed E-state index contributed by atoms with van der Waals surface area (Å²) in [6.07, 6.45) is 3.24. The summed E-state index contributed by atoms with van der Waals surface area (Å²) in [5, 5.41) is 8.80. The number of amides is 1. The van der Waals surface area contributed by atoms with Crippen LogP contribution in [0, 0.1) is 5.92 Å². The van der Waals surface area contributed by atoms with Gasteiger partial charge in [0, 0.05) is 31.0 Å². The Morgan fingerprint density at radius 2 is 2.13 bits per heavy atom. The fraction of sp³-hybridized carbons (Fsp3) is 0.300. The third-order valence-electron chi connectivity index (χ3n) is 2.45. The quantitative estimate of drug-likeness (QED) is 0.765. The molecule has 15 heavy (non-hydrogen) atoms. The van der Waals surface area contributed by atoms with Crippen molar-refractivity contribution in [3.8, 4) is 0 Å². The molecule has 1 atom stereocenters. The molecule has 78 valence electrons. The Labute approximate surface area is 86.3 Å². The summed E-state index contributed by atoms with van der Waals surface area (Å²) in [6, 6.07) is 3.39. The molecule has 0 radical (unpaired) electrons. The molecule has 1 aliphatic rings. The smallest absolute Gasteiger partial charge is 0.308 e. The average Bonchev–Trinajstić information content (AvgIpc) is 2.62. The summed E-state index contributed by atoms with van der Waals surface area (Å²) >= 11 is 0.